The third-order valence-corrected chi connectivity index (χ3v) is 3.67. The molecule has 0 saturated heterocycles. The Labute approximate surface area is 101 Å². The van der Waals surface area contributed by atoms with Crippen LogP contribution in [0, 0.1) is 0 Å². The predicted octanol–water partition coefficient (Wildman–Crippen LogP) is 2.56. The molecular formula is C14H18N2O. The molecule has 2 N–H and O–H groups in total. The van der Waals surface area contributed by atoms with Crippen molar-refractivity contribution in [1.29, 1.82) is 0 Å². The van der Waals surface area contributed by atoms with E-state index >= 15 is 0 Å². The molecule has 3 rings (SSSR count). The fraction of sp³-hybridized carbons (Fsp3) is 0.429. The van der Waals surface area contributed by atoms with Crippen LogP contribution in [-0.2, 0) is 12.0 Å². The summed E-state index contributed by atoms with van der Waals surface area (Å²) in [7, 11) is 1.72. The highest BCUT2D eigenvalue weighted by atomic mass is 16.5. The number of ether oxygens (including phenoxy) is 1. The molecule has 3 nitrogen and oxygen atoms in total. The van der Waals surface area contributed by atoms with Gasteiger partial charge < -0.3 is 15.0 Å². The van der Waals surface area contributed by atoms with Crippen LogP contribution in [0.3, 0.4) is 0 Å². The number of nitrogens with one attached hydrogen (secondary N) is 2. The van der Waals surface area contributed by atoms with Gasteiger partial charge in [0.25, 0.3) is 0 Å². The predicted molar refractivity (Wildman–Crippen MR) is 69.6 cm³/mol. The summed E-state index contributed by atoms with van der Waals surface area (Å²) in [6, 6.07) is 6.22. The summed E-state index contributed by atoms with van der Waals surface area (Å²) in [6.07, 6.45) is 0. The molecule has 0 radical (unpaired) electrons. The van der Waals surface area contributed by atoms with Crippen molar-refractivity contribution in [3.05, 3.63) is 29.5 Å². The van der Waals surface area contributed by atoms with E-state index in [0.717, 1.165) is 24.4 Å². The monoisotopic (exact) mass is 230 g/mol. The Morgan fingerprint density at radius 2 is 2.12 bits per heavy atom. The van der Waals surface area contributed by atoms with Gasteiger partial charge in [0.2, 0.25) is 0 Å². The van der Waals surface area contributed by atoms with E-state index < -0.39 is 0 Å². The first kappa shape index (κ1) is 10.7. The lowest BCUT2D eigenvalue weighted by molar-refractivity contribution is 0.417. The average Bonchev–Trinajstić information content (AvgIpc) is 2.69. The van der Waals surface area contributed by atoms with Crippen LogP contribution in [0.4, 0.5) is 0 Å². The van der Waals surface area contributed by atoms with Crippen LogP contribution >= 0.6 is 0 Å². The first-order chi connectivity index (χ1) is 8.13. The minimum atomic E-state index is 0.150. The van der Waals surface area contributed by atoms with E-state index in [4.69, 9.17) is 4.74 Å². The number of aromatic amines is 1. The van der Waals surface area contributed by atoms with E-state index in [2.05, 4.69) is 36.3 Å². The number of benzene rings is 1. The normalized spacial score (nSPS) is 18.1. The molecule has 0 aliphatic carbocycles. The van der Waals surface area contributed by atoms with Gasteiger partial charge in [-0.05, 0) is 11.6 Å². The molecule has 0 spiro atoms. The second-order valence-corrected chi connectivity index (χ2v) is 5.35. The number of hydrogen-bond donors (Lipinski definition) is 2. The summed E-state index contributed by atoms with van der Waals surface area (Å²) in [6.45, 7) is 6.47. The van der Waals surface area contributed by atoms with Gasteiger partial charge in [0.1, 0.15) is 5.75 Å². The van der Waals surface area contributed by atoms with Gasteiger partial charge in [-0.3, -0.25) is 0 Å². The van der Waals surface area contributed by atoms with Crippen molar-refractivity contribution < 1.29 is 4.74 Å². The molecule has 2 heterocycles. The van der Waals surface area contributed by atoms with Crippen molar-refractivity contribution in [2.75, 3.05) is 13.7 Å². The lowest BCUT2D eigenvalue weighted by Gasteiger charge is -2.30. The molecule has 0 atom stereocenters. The van der Waals surface area contributed by atoms with Crippen LogP contribution in [0.5, 0.6) is 5.75 Å². The minimum absolute atomic E-state index is 0.150. The molecule has 0 amide bonds. The second-order valence-electron chi connectivity index (χ2n) is 5.35. The van der Waals surface area contributed by atoms with Gasteiger partial charge in [0.05, 0.1) is 12.6 Å². The molecule has 1 aromatic carbocycles. The molecule has 1 aromatic heterocycles. The minimum Gasteiger partial charge on any atom is -0.495 e. The zero-order chi connectivity index (χ0) is 12.0. The Balaban J connectivity index is 2.33. The summed E-state index contributed by atoms with van der Waals surface area (Å²) in [5, 5.41) is 4.76. The molecule has 0 bridgehead atoms. The van der Waals surface area contributed by atoms with Gasteiger partial charge in [0, 0.05) is 29.6 Å². The summed E-state index contributed by atoms with van der Waals surface area (Å²) in [5.41, 5.74) is 4.00. The van der Waals surface area contributed by atoms with Crippen LogP contribution in [0.25, 0.3) is 10.9 Å². The standard InChI is InChI=1S/C14H18N2O/c1-14(2)8-15-7-10-9-5-4-6-11(17-3)12(9)16-13(10)14/h4-6,15-16H,7-8H2,1-3H3. The summed E-state index contributed by atoms with van der Waals surface area (Å²) in [5.74, 6) is 0.924. The summed E-state index contributed by atoms with van der Waals surface area (Å²) < 4.78 is 5.42. The molecule has 0 fully saturated rings. The first-order valence-electron chi connectivity index (χ1n) is 6.02. The average molecular weight is 230 g/mol. The summed E-state index contributed by atoms with van der Waals surface area (Å²) in [4.78, 5) is 3.56. The van der Waals surface area contributed by atoms with E-state index in [0.29, 0.717) is 0 Å². The fourth-order valence-electron chi connectivity index (χ4n) is 2.77. The van der Waals surface area contributed by atoms with Crippen molar-refractivity contribution in [1.82, 2.24) is 10.3 Å². The zero-order valence-corrected chi connectivity index (χ0v) is 10.6. The van der Waals surface area contributed by atoms with E-state index in [-0.39, 0.29) is 5.41 Å². The smallest absolute Gasteiger partial charge is 0.142 e. The van der Waals surface area contributed by atoms with Crippen molar-refractivity contribution in [3.8, 4) is 5.75 Å². The zero-order valence-electron chi connectivity index (χ0n) is 10.6. The first-order valence-corrected chi connectivity index (χ1v) is 6.02. The van der Waals surface area contributed by atoms with E-state index in [1.165, 1.54) is 16.6 Å². The molecule has 1 aliphatic heterocycles. The van der Waals surface area contributed by atoms with Crippen molar-refractivity contribution >= 4 is 10.9 Å². The Hall–Kier alpha value is -1.48. The van der Waals surface area contributed by atoms with Gasteiger partial charge in [-0.1, -0.05) is 26.0 Å². The van der Waals surface area contributed by atoms with E-state index in [9.17, 15) is 0 Å². The molecule has 0 unspecified atom stereocenters. The third kappa shape index (κ3) is 1.46. The Kier molecular flexibility index (Phi) is 2.20. The van der Waals surface area contributed by atoms with Crippen LogP contribution in [0.15, 0.2) is 18.2 Å². The lowest BCUT2D eigenvalue weighted by atomic mass is 9.84. The molecule has 0 saturated carbocycles. The number of aromatic nitrogens is 1. The SMILES string of the molecule is COc1cccc2c3c([nH]c12)C(C)(C)CNC3. The van der Waals surface area contributed by atoms with Crippen LogP contribution in [0.1, 0.15) is 25.1 Å². The van der Waals surface area contributed by atoms with Crippen molar-refractivity contribution in [3.63, 3.8) is 0 Å². The highest BCUT2D eigenvalue weighted by molar-refractivity contribution is 5.90. The van der Waals surface area contributed by atoms with Crippen LogP contribution in [-0.4, -0.2) is 18.6 Å². The molecule has 1 aliphatic rings. The van der Waals surface area contributed by atoms with Crippen molar-refractivity contribution in [2.24, 2.45) is 0 Å². The maximum Gasteiger partial charge on any atom is 0.142 e. The van der Waals surface area contributed by atoms with Gasteiger partial charge >= 0.3 is 0 Å². The number of rotatable bonds is 1. The van der Waals surface area contributed by atoms with E-state index in [1.807, 2.05) is 6.07 Å². The van der Waals surface area contributed by atoms with Gasteiger partial charge in [0.15, 0.2) is 0 Å². The summed E-state index contributed by atoms with van der Waals surface area (Å²) >= 11 is 0. The van der Waals surface area contributed by atoms with Crippen LogP contribution in [0.2, 0.25) is 0 Å². The number of fused-ring (bicyclic) bond motifs is 3. The highest BCUT2D eigenvalue weighted by Gasteiger charge is 2.30. The maximum absolute atomic E-state index is 5.42. The van der Waals surface area contributed by atoms with Crippen molar-refractivity contribution in [2.45, 2.75) is 25.8 Å². The Morgan fingerprint density at radius 1 is 1.29 bits per heavy atom. The molecule has 90 valence electrons. The number of H-pyrrole nitrogens is 1. The number of methoxy groups -OCH3 is 1. The quantitative estimate of drug-likeness (QED) is 0.790. The Bertz CT molecular complexity index is 569. The van der Waals surface area contributed by atoms with E-state index in [1.54, 1.807) is 7.11 Å². The molecule has 2 aromatic rings. The van der Waals surface area contributed by atoms with Crippen LogP contribution < -0.4 is 10.1 Å². The van der Waals surface area contributed by atoms with Gasteiger partial charge in [-0.2, -0.15) is 0 Å². The number of hydrogen-bond acceptors (Lipinski definition) is 2. The molecular weight excluding hydrogens is 212 g/mol. The Morgan fingerprint density at radius 3 is 2.88 bits per heavy atom. The third-order valence-electron chi connectivity index (χ3n) is 3.67. The van der Waals surface area contributed by atoms with Gasteiger partial charge in [-0.15, -0.1) is 0 Å². The highest BCUT2D eigenvalue weighted by Crippen LogP contribution is 2.37. The topological polar surface area (TPSA) is 37.0 Å². The second kappa shape index (κ2) is 3.50. The maximum atomic E-state index is 5.42. The van der Waals surface area contributed by atoms with Gasteiger partial charge in [-0.25, -0.2) is 0 Å². The number of para-hydroxylation sites is 1. The lowest BCUT2D eigenvalue weighted by Crippen LogP contribution is -2.38. The fourth-order valence-corrected chi connectivity index (χ4v) is 2.77. The largest absolute Gasteiger partial charge is 0.495 e. The molecule has 3 heteroatoms. The molecule has 17 heavy (non-hydrogen) atoms.